The summed E-state index contributed by atoms with van der Waals surface area (Å²) in [6.45, 7) is 0. The van der Waals surface area contributed by atoms with Crippen LogP contribution in [0.25, 0.3) is 0 Å². The molecule has 5 nitrogen and oxygen atoms in total. The maximum Gasteiger partial charge on any atom is 0.304 e. The summed E-state index contributed by atoms with van der Waals surface area (Å²) in [6.07, 6.45) is 1.23. The predicted octanol–water partition coefficient (Wildman–Crippen LogP) is 1.52. The van der Waals surface area contributed by atoms with E-state index < -0.39 is 4.92 Å². The van der Waals surface area contributed by atoms with E-state index in [1.54, 1.807) is 6.07 Å². The number of rotatable bonds is 1. The molecular weight excluding hydrogens is 206 g/mol. The number of aromatic nitrogens is 1. The third-order valence-electron chi connectivity index (χ3n) is 1.27. The van der Waals surface area contributed by atoms with Crippen molar-refractivity contribution in [1.82, 2.24) is 4.98 Å². The molecule has 1 aromatic rings. The highest BCUT2D eigenvalue weighted by Crippen LogP contribution is 2.19. The summed E-state index contributed by atoms with van der Waals surface area (Å²) < 4.78 is 0. The molecule has 0 amide bonds. The van der Waals surface area contributed by atoms with Crippen LogP contribution in [0.2, 0.25) is 5.02 Å². The Labute approximate surface area is 84.1 Å². The van der Waals surface area contributed by atoms with Crippen LogP contribution in [0.1, 0.15) is 5.69 Å². The van der Waals surface area contributed by atoms with Crippen molar-refractivity contribution in [2.24, 2.45) is 0 Å². The van der Waals surface area contributed by atoms with Gasteiger partial charge in [0.25, 0.3) is 0 Å². The molecule has 0 unspecified atom stereocenters. The first-order chi connectivity index (χ1) is 6.65. The van der Waals surface area contributed by atoms with E-state index in [0.717, 1.165) is 6.07 Å². The Morgan fingerprint density at radius 2 is 2.36 bits per heavy atom. The van der Waals surface area contributed by atoms with E-state index in [1.807, 2.05) is 5.92 Å². The first-order valence-electron chi connectivity index (χ1n) is 3.35. The van der Waals surface area contributed by atoms with Gasteiger partial charge in [-0.05, 0) is 5.92 Å². The van der Waals surface area contributed by atoms with Crippen LogP contribution >= 0.6 is 11.6 Å². The smallest absolute Gasteiger partial charge is 0.258 e. The van der Waals surface area contributed by atoms with E-state index in [1.165, 1.54) is 6.20 Å². The van der Waals surface area contributed by atoms with Crippen molar-refractivity contribution in [3.05, 3.63) is 33.1 Å². The van der Waals surface area contributed by atoms with Crippen LogP contribution < -0.4 is 0 Å². The Hall–Kier alpha value is -2.11. The molecule has 0 atom stereocenters. The molecule has 0 bridgehead atoms. The molecule has 0 aliphatic heterocycles. The Kier molecular flexibility index (Phi) is 3.01. The number of halogens is 1. The molecule has 0 fully saturated rings. The van der Waals surface area contributed by atoms with Crippen molar-refractivity contribution in [1.29, 1.82) is 5.26 Å². The minimum absolute atomic E-state index is 0.0686. The van der Waals surface area contributed by atoms with Gasteiger partial charge in [0, 0.05) is 18.2 Å². The number of hydrogen-bond acceptors (Lipinski definition) is 4. The van der Waals surface area contributed by atoms with Crippen LogP contribution in [0.5, 0.6) is 0 Å². The van der Waals surface area contributed by atoms with Gasteiger partial charge in [0.15, 0.2) is 11.8 Å². The fraction of sp³-hybridized carbons (Fsp3) is 0. The fourth-order valence-electron chi connectivity index (χ4n) is 0.751. The summed E-state index contributed by atoms with van der Waals surface area (Å²) >= 11 is 5.51. The normalized spacial score (nSPS) is 8.29. The molecule has 6 heteroatoms. The number of nitrogens with zero attached hydrogens (tertiary/aromatic N) is 3. The van der Waals surface area contributed by atoms with E-state index in [9.17, 15) is 10.1 Å². The maximum atomic E-state index is 10.5. The van der Waals surface area contributed by atoms with Gasteiger partial charge in [-0.1, -0.05) is 11.6 Å². The molecule has 1 aromatic heterocycles. The van der Waals surface area contributed by atoms with Gasteiger partial charge in [0.1, 0.15) is 0 Å². The van der Waals surface area contributed by atoms with Crippen LogP contribution in [0.4, 0.5) is 5.69 Å². The lowest BCUT2D eigenvalue weighted by Crippen LogP contribution is -1.94. The Morgan fingerprint density at radius 3 is 2.93 bits per heavy atom. The average Bonchev–Trinajstić information content (AvgIpc) is 2.15. The van der Waals surface area contributed by atoms with Crippen molar-refractivity contribution in [2.45, 2.75) is 0 Å². The minimum atomic E-state index is -0.653. The third kappa shape index (κ3) is 2.19. The standard InChI is InChI=1S/C8H2ClN3O2/c9-6-4-8(12(13)14)7(11-5-6)2-1-3-10/h4-5H. The summed E-state index contributed by atoms with van der Waals surface area (Å²) in [6, 6.07) is 2.68. The highest BCUT2D eigenvalue weighted by atomic mass is 35.5. The Morgan fingerprint density at radius 1 is 1.64 bits per heavy atom. The van der Waals surface area contributed by atoms with Crippen molar-refractivity contribution < 1.29 is 4.92 Å². The Bertz CT molecular complexity index is 482. The molecule has 0 radical (unpaired) electrons. The van der Waals surface area contributed by atoms with E-state index in [-0.39, 0.29) is 16.4 Å². The van der Waals surface area contributed by atoms with Crippen molar-refractivity contribution >= 4 is 17.3 Å². The molecule has 14 heavy (non-hydrogen) atoms. The van der Waals surface area contributed by atoms with Gasteiger partial charge < -0.3 is 0 Å². The highest BCUT2D eigenvalue weighted by molar-refractivity contribution is 6.30. The summed E-state index contributed by atoms with van der Waals surface area (Å²) in [5, 5.41) is 18.8. The first kappa shape index (κ1) is 9.97. The van der Waals surface area contributed by atoms with Crippen molar-refractivity contribution in [3.63, 3.8) is 0 Å². The monoisotopic (exact) mass is 207 g/mol. The van der Waals surface area contributed by atoms with Crippen LogP contribution in [0.3, 0.4) is 0 Å². The zero-order valence-corrected chi connectivity index (χ0v) is 7.45. The van der Waals surface area contributed by atoms with Gasteiger partial charge in [-0.25, -0.2) is 4.98 Å². The lowest BCUT2D eigenvalue weighted by Gasteiger charge is -1.94. The second-order valence-corrected chi connectivity index (χ2v) is 2.58. The molecule has 1 heterocycles. The number of nitro groups is 1. The van der Waals surface area contributed by atoms with Gasteiger partial charge in [-0.2, -0.15) is 5.26 Å². The molecule has 1 rings (SSSR count). The van der Waals surface area contributed by atoms with Crippen LogP contribution in [0.15, 0.2) is 12.3 Å². The molecule has 0 spiro atoms. The molecule has 0 N–H and O–H groups in total. The quantitative estimate of drug-likeness (QED) is 0.397. The molecule has 0 aliphatic carbocycles. The lowest BCUT2D eigenvalue weighted by atomic mass is 10.3. The van der Waals surface area contributed by atoms with Gasteiger partial charge in [-0.3, -0.25) is 10.1 Å². The number of nitriles is 1. The lowest BCUT2D eigenvalue weighted by molar-refractivity contribution is -0.385. The minimum Gasteiger partial charge on any atom is -0.258 e. The van der Waals surface area contributed by atoms with Crippen LogP contribution in [-0.4, -0.2) is 9.91 Å². The molecule has 0 aliphatic rings. The summed E-state index contributed by atoms with van der Waals surface area (Å²) in [5.74, 6) is 4.27. The molecule has 0 aromatic carbocycles. The van der Waals surface area contributed by atoms with Gasteiger partial charge in [-0.15, -0.1) is 0 Å². The topological polar surface area (TPSA) is 79.8 Å². The predicted molar refractivity (Wildman–Crippen MR) is 48.4 cm³/mol. The molecule has 68 valence electrons. The van der Waals surface area contributed by atoms with E-state index in [4.69, 9.17) is 16.9 Å². The second kappa shape index (κ2) is 4.22. The number of hydrogen-bond donors (Lipinski definition) is 0. The van der Waals surface area contributed by atoms with E-state index in [2.05, 4.69) is 10.9 Å². The van der Waals surface area contributed by atoms with Crippen molar-refractivity contribution in [3.8, 4) is 17.9 Å². The summed E-state index contributed by atoms with van der Waals surface area (Å²) in [4.78, 5) is 13.5. The zero-order chi connectivity index (χ0) is 10.6. The fourth-order valence-corrected chi connectivity index (χ4v) is 0.903. The van der Waals surface area contributed by atoms with Gasteiger partial charge >= 0.3 is 5.69 Å². The largest absolute Gasteiger partial charge is 0.304 e. The first-order valence-corrected chi connectivity index (χ1v) is 3.73. The van der Waals surface area contributed by atoms with Crippen LogP contribution in [0, 0.1) is 33.3 Å². The summed E-state index contributed by atoms with van der Waals surface area (Å²) in [7, 11) is 0. The number of pyridine rings is 1. The second-order valence-electron chi connectivity index (χ2n) is 2.14. The Balaban J connectivity index is 3.30. The average molecular weight is 208 g/mol. The highest BCUT2D eigenvalue weighted by Gasteiger charge is 2.13. The maximum absolute atomic E-state index is 10.5. The van der Waals surface area contributed by atoms with E-state index >= 15 is 0 Å². The zero-order valence-electron chi connectivity index (χ0n) is 6.69. The molecule has 0 saturated carbocycles. The van der Waals surface area contributed by atoms with Crippen LogP contribution in [-0.2, 0) is 0 Å². The third-order valence-corrected chi connectivity index (χ3v) is 1.47. The van der Waals surface area contributed by atoms with Gasteiger partial charge in [0.05, 0.1) is 9.95 Å². The van der Waals surface area contributed by atoms with Crippen molar-refractivity contribution in [2.75, 3.05) is 0 Å². The van der Waals surface area contributed by atoms with E-state index in [0.29, 0.717) is 0 Å². The van der Waals surface area contributed by atoms with Gasteiger partial charge in [0.2, 0.25) is 0 Å². The molecular formula is C8H2ClN3O2. The SMILES string of the molecule is N#CC#Cc1ncc(Cl)cc1[N+](=O)[O-]. The molecule has 0 saturated heterocycles. The summed E-state index contributed by atoms with van der Waals surface area (Å²) in [5.41, 5.74) is -0.374.